The number of ether oxygens (including phenoxy) is 1. The van der Waals surface area contributed by atoms with Crippen molar-refractivity contribution in [1.29, 1.82) is 0 Å². The van der Waals surface area contributed by atoms with Crippen LogP contribution < -0.4 is 10.5 Å². The lowest BCUT2D eigenvalue weighted by molar-refractivity contribution is 0.241. The van der Waals surface area contributed by atoms with E-state index in [1.54, 1.807) is 6.92 Å². The van der Waals surface area contributed by atoms with Crippen molar-refractivity contribution in [2.24, 2.45) is 5.73 Å². The fourth-order valence-electron chi connectivity index (χ4n) is 1.39. The predicted molar refractivity (Wildman–Crippen MR) is 65.4 cm³/mol. The highest BCUT2D eigenvalue weighted by atomic mass is 79.9. The van der Waals surface area contributed by atoms with Gasteiger partial charge in [-0.1, -0.05) is 21.1 Å². The molecule has 1 aromatic heterocycles. The molecule has 5 nitrogen and oxygen atoms in total. The van der Waals surface area contributed by atoms with Crippen LogP contribution in [0.4, 0.5) is 0 Å². The minimum absolute atomic E-state index is 0.246. The van der Waals surface area contributed by atoms with Crippen LogP contribution in [0.2, 0.25) is 0 Å². The molecule has 0 radical (unpaired) electrons. The summed E-state index contributed by atoms with van der Waals surface area (Å²) in [5, 5.41) is 3.69. The SMILES string of the molecule is Cc1noc(COc2ccc(Br)cc2CN)n1. The standard InChI is InChI=1S/C11H12BrN3O2/c1-7-14-11(17-15-7)6-16-10-3-2-9(12)4-8(10)5-13/h2-4H,5-6,13H2,1H3. The summed E-state index contributed by atoms with van der Waals surface area (Å²) in [6, 6.07) is 5.68. The smallest absolute Gasteiger partial charge is 0.264 e. The third-order valence-electron chi connectivity index (χ3n) is 2.16. The lowest BCUT2D eigenvalue weighted by atomic mass is 10.2. The third kappa shape index (κ3) is 3.04. The molecular formula is C11H12BrN3O2. The molecular weight excluding hydrogens is 286 g/mol. The van der Waals surface area contributed by atoms with Crippen molar-refractivity contribution in [2.75, 3.05) is 0 Å². The number of halogens is 1. The van der Waals surface area contributed by atoms with E-state index in [9.17, 15) is 0 Å². The minimum Gasteiger partial charge on any atom is -0.483 e. The van der Waals surface area contributed by atoms with Crippen molar-refractivity contribution in [1.82, 2.24) is 10.1 Å². The van der Waals surface area contributed by atoms with Gasteiger partial charge in [0.15, 0.2) is 12.4 Å². The zero-order valence-electron chi connectivity index (χ0n) is 9.31. The van der Waals surface area contributed by atoms with Crippen molar-refractivity contribution < 1.29 is 9.26 Å². The molecule has 2 rings (SSSR count). The van der Waals surface area contributed by atoms with E-state index < -0.39 is 0 Å². The molecule has 0 spiro atoms. The molecule has 0 atom stereocenters. The molecule has 0 fully saturated rings. The monoisotopic (exact) mass is 297 g/mol. The fourth-order valence-corrected chi connectivity index (χ4v) is 1.79. The van der Waals surface area contributed by atoms with Crippen LogP contribution in [0, 0.1) is 6.92 Å². The van der Waals surface area contributed by atoms with Crippen LogP contribution in [0.1, 0.15) is 17.3 Å². The van der Waals surface area contributed by atoms with Gasteiger partial charge in [0, 0.05) is 16.6 Å². The van der Waals surface area contributed by atoms with E-state index in [1.165, 1.54) is 0 Å². The maximum Gasteiger partial charge on any atom is 0.264 e. The van der Waals surface area contributed by atoms with Gasteiger partial charge in [-0.3, -0.25) is 0 Å². The first kappa shape index (κ1) is 12.1. The van der Waals surface area contributed by atoms with Crippen LogP contribution in [0.25, 0.3) is 0 Å². The molecule has 17 heavy (non-hydrogen) atoms. The summed E-state index contributed by atoms with van der Waals surface area (Å²) >= 11 is 3.38. The van der Waals surface area contributed by atoms with Gasteiger partial charge in [-0.2, -0.15) is 4.98 Å². The van der Waals surface area contributed by atoms with Crippen molar-refractivity contribution in [3.8, 4) is 5.75 Å². The molecule has 1 aromatic carbocycles. The maximum atomic E-state index is 5.64. The molecule has 6 heteroatoms. The molecule has 0 aliphatic heterocycles. The summed E-state index contributed by atoms with van der Waals surface area (Å²) < 4.78 is 11.5. The van der Waals surface area contributed by atoms with Crippen LogP contribution in [0.5, 0.6) is 5.75 Å². The second-order valence-corrected chi connectivity index (χ2v) is 4.40. The van der Waals surface area contributed by atoms with Crippen LogP contribution in [0.3, 0.4) is 0 Å². The van der Waals surface area contributed by atoms with Gasteiger partial charge >= 0.3 is 0 Å². The Bertz CT molecular complexity index is 513. The first-order valence-corrected chi connectivity index (χ1v) is 5.89. The zero-order valence-corrected chi connectivity index (χ0v) is 10.9. The molecule has 0 aliphatic rings. The second kappa shape index (κ2) is 5.29. The number of aryl methyl sites for hydroxylation is 1. The summed E-state index contributed by atoms with van der Waals surface area (Å²) in [6.45, 7) is 2.42. The zero-order chi connectivity index (χ0) is 12.3. The quantitative estimate of drug-likeness (QED) is 0.936. The number of rotatable bonds is 4. The van der Waals surface area contributed by atoms with Gasteiger partial charge in [0.25, 0.3) is 5.89 Å². The Morgan fingerprint density at radius 1 is 1.47 bits per heavy atom. The molecule has 0 unspecified atom stereocenters. The molecule has 0 aliphatic carbocycles. The Morgan fingerprint density at radius 3 is 2.94 bits per heavy atom. The first-order valence-electron chi connectivity index (χ1n) is 5.09. The maximum absolute atomic E-state index is 5.64. The number of nitrogens with zero attached hydrogens (tertiary/aromatic N) is 2. The van der Waals surface area contributed by atoms with Gasteiger partial charge in [0.05, 0.1) is 0 Å². The van der Waals surface area contributed by atoms with Crippen molar-refractivity contribution in [3.63, 3.8) is 0 Å². The molecule has 0 amide bonds. The normalized spacial score (nSPS) is 10.5. The van der Waals surface area contributed by atoms with Crippen LogP contribution >= 0.6 is 15.9 Å². The highest BCUT2D eigenvalue weighted by Gasteiger charge is 2.07. The molecule has 0 saturated carbocycles. The lowest BCUT2D eigenvalue weighted by Crippen LogP contribution is -2.03. The van der Waals surface area contributed by atoms with Crippen LogP contribution in [0.15, 0.2) is 27.2 Å². The van der Waals surface area contributed by atoms with Crippen molar-refractivity contribution >= 4 is 15.9 Å². The van der Waals surface area contributed by atoms with E-state index in [1.807, 2.05) is 18.2 Å². The predicted octanol–water partition coefficient (Wildman–Crippen LogP) is 2.18. The Labute approximate surface area is 107 Å². The summed E-state index contributed by atoms with van der Waals surface area (Å²) in [4.78, 5) is 4.06. The Kier molecular flexibility index (Phi) is 3.75. The largest absolute Gasteiger partial charge is 0.483 e. The summed E-state index contributed by atoms with van der Waals surface area (Å²) in [6.07, 6.45) is 0. The topological polar surface area (TPSA) is 74.2 Å². The van der Waals surface area contributed by atoms with E-state index in [-0.39, 0.29) is 6.61 Å². The average molecular weight is 298 g/mol. The molecule has 90 valence electrons. The molecule has 2 aromatic rings. The van der Waals surface area contributed by atoms with Gasteiger partial charge in [-0.05, 0) is 25.1 Å². The number of hydrogen-bond donors (Lipinski definition) is 1. The van der Waals surface area contributed by atoms with E-state index in [0.29, 0.717) is 18.3 Å². The van der Waals surface area contributed by atoms with Gasteiger partial charge in [0.1, 0.15) is 5.75 Å². The molecule has 0 saturated heterocycles. The van der Waals surface area contributed by atoms with Crippen LogP contribution in [-0.2, 0) is 13.2 Å². The summed E-state index contributed by atoms with van der Waals surface area (Å²) in [5.74, 6) is 1.78. The number of hydrogen-bond acceptors (Lipinski definition) is 5. The lowest BCUT2D eigenvalue weighted by Gasteiger charge is -2.08. The van der Waals surface area contributed by atoms with Gasteiger partial charge in [-0.25, -0.2) is 0 Å². The molecule has 0 bridgehead atoms. The Balaban J connectivity index is 2.08. The Hall–Kier alpha value is -1.40. The van der Waals surface area contributed by atoms with Gasteiger partial charge < -0.3 is 15.0 Å². The molecule has 2 N–H and O–H groups in total. The number of aromatic nitrogens is 2. The molecule has 1 heterocycles. The summed E-state index contributed by atoms with van der Waals surface area (Å²) in [7, 11) is 0. The number of nitrogens with two attached hydrogens (primary N) is 1. The Morgan fingerprint density at radius 2 is 2.29 bits per heavy atom. The van der Waals surface area contributed by atoms with E-state index in [2.05, 4.69) is 26.1 Å². The van der Waals surface area contributed by atoms with E-state index in [4.69, 9.17) is 15.0 Å². The van der Waals surface area contributed by atoms with Gasteiger partial charge in [0.2, 0.25) is 0 Å². The van der Waals surface area contributed by atoms with Crippen molar-refractivity contribution in [3.05, 3.63) is 40.0 Å². The third-order valence-corrected chi connectivity index (χ3v) is 2.66. The van der Waals surface area contributed by atoms with Crippen molar-refractivity contribution in [2.45, 2.75) is 20.1 Å². The first-order chi connectivity index (χ1) is 8.19. The van der Waals surface area contributed by atoms with E-state index in [0.717, 1.165) is 15.8 Å². The second-order valence-electron chi connectivity index (χ2n) is 3.48. The summed E-state index contributed by atoms with van der Waals surface area (Å²) in [5.41, 5.74) is 6.57. The number of benzene rings is 1. The van der Waals surface area contributed by atoms with Gasteiger partial charge in [-0.15, -0.1) is 0 Å². The highest BCUT2D eigenvalue weighted by Crippen LogP contribution is 2.23. The highest BCUT2D eigenvalue weighted by molar-refractivity contribution is 9.10. The minimum atomic E-state index is 0.246. The van der Waals surface area contributed by atoms with Crippen LogP contribution in [-0.4, -0.2) is 10.1 Å². The van der Waals surface area contributed by atoms with E-state index >= 15 is 0 Å². The fraction of sp³-hybridized carbons (Fsp3) is 0.273. The average Bonchev–Trinajstić information content (AvgIpc) is 2.73.